The third-order valence-corrected chi connectivity index (χ3v) is 6.33. The van der Waals surface area contributed by atoms with E-state index >= 15 is 0 Å². The highest BCUT2D eigenvalue weighted by molar-refractivity contribution is 6.30. The number of nitrogens with one attached hydrogen (secondary N) is 1. The molecule has 1 aromatic carbocycles. The van der Waals surface area contributed by atoms with Gasteiger partial charge >= 0.3 is 0 Å². The van der Waals surface area contributed by atoms with Gasteiger partial charge in [0.25, 0.3) is 0 Å². The second-order valence-corrected chi connectivity index (χ2v) is 8.18. The van der Waals surface area contributed by atoms with E-state index in [4.69, 9.17) is 16.7 Å². The van der Waals surface area contributed by atoms with E-state index in [1.54, 1.807) is 0 Å². The number of aromatic nitrogens is 2. The minimum Gasteiger partial charge on any atom is -0.317 e. The van der Waals surface area contributed by atoms with E-state index in [9.17, 15) is 0 Å². The van der Waals surface area contributed by atoms with E-state index < -0.39 is 0 Å². The molecule has 4 nitrogen and oxygen atoms in total. The summed E-state index contributed by atoms with van der Waals surface area (Å²) in [6.07, 6.45) is 4.00. The van der Waals surface area contributed by atoms with Gasteiger partial charge in [0.2, 0.25) is 0 Å². The Labute approximate surface area is 167 Å². The average Bonchev–Trinajstić information content (AvgIpc) is 3.12. The number of halogens is 2. The molecular formula is C20H28Cl2N4. The van der Waals surface area contributed by atoms with Gasteiger partial charge in [0.15, 0.2) is 0 Å². The van der Waals surface area contributed by atoms with Crippen LogP contribution in [0.4, 0.5) is 0 Å². The SMILES string of the molecule is Cc1nn(-c2ccc(Cl)cc2)c(C)c1CN1CCC2(CCNCC2)C1.Cl. The molecule has 0 bridgehead atoms. The Morgan fingerprint density at radius 2 is 1.81 bits per heavy atom. The first kappa shape index (κ1) is 19.7. The quantitative estimate of drug-likeness (QED) is 0.848. The number of rotatable bonds is 3. The molecule has 2 saturated heterocycles. The Bertz CT molecular complexity index is 748. The molecule has 1 aromatic heterocycles. The lowest BCUT2D eigenvalue weighted by Gasteiger charge is -2.34. The number of hydrogen-bond acceptors (Lipinski definition) is 3. The summed E-state index contributed by atoms with van der Waals surface area (Å²) in [7, 11) is 0. The first-order chi connectivity index (χ1) is 12.1. The molecule has 4 rings (SSSR count). The zero-order valence-corrected chi connectivity index (χ0v) is 17.2. The standard InChI is InChI=1S/C20H27ClN4.ClH/c1-15-19(13-24-12-9-20(14-24)7-10-22-11-8-20)16(2)25(23-15)18-5-3-17(21)4-6-18;/h3-6,22H,7-14H2,1-2H3;1H. The van der Waals surface area contributed by atoms with Crippen LogP contribution in [0, 0.1) is 19.3 Å². The van der Waals surface area contributed by atoms with Gasteiger partial charge in [-0.3, -0.25) is 4.90 Å². The molecular weight excluding hydrogens is 367 g/mol. The molecule has 0 radical (unpaired) electrons. The molecule has 0 atom stereocenters. The van der Waals surface area contributed by atoms with Crippen molar-refractivity contribution >= 4 is 24.0 Å². The summed E-state index contributed by atoms with van der Waals surface area (Å²) < 4.78 is 2.05. The fourth-order valence-electron chi connectivity index (χ4n) is 4.49. The summed E-state index contributed by atoms with van der Waals surface area (Å²) in [5.41, 5.74) is 5.39. The monoisotopic (exact) mass is 394 g/mol. The largest absolute Gasteiger partial charge is 0.317 e. The van der Waals surface area contributed by atoms with Gasteiger partial charge in [-0.25, -0.2) is 4.68 Å². The van der Waals surface area contributed by atoms with E-state index in [2.05, 4.69) is 28.7 Å². The molecule has 2 fully saturated rings. The fraction of sp³-hybridized carbons (Fsp3) is 0.550. The first-order valence-electron chi connectivity index (χ1n) is 9.30. The lowest BCUT2D eigenvalue weighted by atomic mass is 9.78. The molecule has 1 spiro atoms. The van der Waals surface area contributed by atoms with E-state index in [-0.39, 0.29) is 12.4 Å². The predicted molar refractivity (Wildman–Crippen MR) is 110 cm³/mol. The summed E-state index contributed by atoms with van der Waals surface area (Å²) in [5.74, 6) is 0. The molecule has 2 aromatic rings. The smallest absolute Gasteiger partial charge is 0.0649 e. The molecule has 2 aliphatic rings. The van der Waals surface area contributed by atoms with Gasteiger partial charge in [-0.15, -0.1) is 12.4 Å². The molecule has 0 aliphatic carbocycles. The molecule has 0 unspecified atom stereocenters. The van der Waals surface area contributed by atoms with Crippen LogP contribution in [0.3, 0.4) is 0 Å². The van der Waals surface area contributed by atoms with Crippen molar-refractivity contribution in [1.82, 2.24) is 20.0 Å². The minimum absolute atomic E-state index is 0. The minimum atomic E-state index is 0. The summed E-state index contributed by atoms with van der Waals surface area (Å²) >= 11 is 6.02. The van der Waals surface area contributed by atoms with Crippen molar-refractivity contribution < 1.29 is 0 Å². The van der Waals surface area contributed by atoms with E-state index in [0.717, 1.165) is 22.9 Å². The van der Waals surface area contributed by atoms with Crippen molar-refractivity contribution in [3.05, 3.63) is 46.2 Å². The van der Waals surface area contributed by atoms with Crippen LogP contribution in [0.5, 0.6) is 0 Å². The topological polar surface area (TPSA) is 33.1 Å². The van der Waals surface area contributed by atoms with Crippen molar-refractivity contribution in [1.29, 1.82) is 0 Å². The van der Waals surface area contributed by atoms with Crippen LogP contribution in [-0.2, 0) is 6.54 Å². The van der Waals surface area contributed by atoms with Crippen LogP contribution in [-0.4, -0.2) is 40.9 Å². The Morgan fingerprint density at radius 3 is 2.50 bits per heavy atom. The number of aryl methyl sites for hydroxylation is 1. The summed E-state index contributed by atoms with van der Waals surface area (Å²) in [4.78, 5) is 2.63. The third kappa shape index (κ3) is 3.79. The van der Waals surface area contributed by atoms with E-state index in [1.807, 2.05) is 24.3 Å². The highest BCUT2D eigenvalue weighted by Crippen LogP contribution is 2.39. The first-order valence-corrected chi connectivity index (χ1v) is 9.68. The van der Waals surface area contributed by atoms with Gasteiger partial charge in [0.05, 0.1) is 11.4 Å². The second-order valence-electron chi connectivity index (χ2n) is 7.75. The molecule has 2 aliphatic heterocycles. The predicted octanol–water partition coefficient (Wildman–Crippen LogP) is 4.14. The highest BCUT2D eigenvalue weighted by atomic mass is 35.5. The number of likely N-dealkylation sites (tertiary alicyclic amines) is 1. The average molecular weight is 395 g/mol. The van der Waals surface area contributed by atoms with Gasteiger partial charge < -0.3 is 5.32 Å². The van der Waals surface area contributed by atoms with Gasteiger partial charge in [0, 0.05) is 29.4 Å². The lowest BCUT2D eigenvalue weighted by Crippen LogP contribution is -2.38. The summed E-state index contributed by atoms with van der Waals surface area (Å²) in [6, 6.07) is 7.92. The zero-order chi connectivity index (χ0) is 17.4. The van der Waals surface area contributed by atoms with Crippen molar-refractivity contribution in [3.63, 3.8) is 0 Å². The van der Waals surface area contributed by atoms with Crippen LogP contribution >= 0.6 is 24.0 Å². The van der Waals surface area contributed by atoms with Crippen LogP contribution in [0.15, 0.2) is 24.3 Å². The Balaban J connectivity index is 0.00000196. The number of benzene rings is 1. The maximum atomic E-state index is 6.02. The van der Waals surface area contributed by atoms with E-state index in [0.29, 0.717) is 5.41 Å². The molecule has 142 valence electrons. The van der Waals surface area contributed by atoms with E-state index in [1.165, 1.54) is 56.7 Å². The maximum Gasteiger partial charge on any atom is 0.0649 e. The van der Waals surface area contributed by atoms with Crippen LogP contribution in [0.1, 0.15) is 36.2 Å². The number of piperidine rings is 1. The molecule has 6 heteroatoms. The second kappa shape index (κ2) is 7.89. The third-order valence-electron chi connectivity index (χ3n) is 6.08. The van der Waals surface area contributed by atoms with Gasteiger partial charge in [-0.2, -0.15) is 5.10 Å². The van der Waals surface area contributed by atoms with Crippen LogP contribution in [0.2, 0.25) is 5.02 Å². The Hall–Kier alpha value is -1.07. The van der Waals surface area contributed by atoms with Crippen molar-refractivity contribution in [2.24, 2.45) is 5.41 Å². The molecule has 0 amide bonds. The zero-order valence-electron chi connectivity index (χ0n) is 15.6. The number of nitrogens with zero attached hydrogens (tertiary/aromatic N) is 3. The van der Waals surface area contributed by atoms with Crippen molar-refractivity contribution in [2.75, 3.05) is 26.2 Å². The van der Waals surface area contributed by atoms with Crippen molar-refractivity contribution in [3.8, 4) is 5.69 Å². The van der Waals surface area contributed by atoms with Gasteiger partial charge in [0.1, 0.15) is 0 Å². The Morgan fingerprint density at radius 1 is 1.12 bits per heavy atom. The van der Waals surface area contributed by atoms with Crippen LogP contribution in [0.25, 0.3) is 5.69 Å². The lowest BCUT2D eigenvalue weighted by molar-refractivity contribution is 0.193. The molecule has 26 heavy (non-hydrogen) atoms. The normalized spacial score (nSPS) is 19.7. The van der Waals surface area contributed by atoms with Crippen molar-refractivity contribution in [2.45, 2.75) is 39.7 Å². The Kier molecular flexibility index (Phi) is 5.97. The maximum absolute atomic E-state index is 6.02. The summed E-state index contributed by atoms with van der Waals surface area (Å²) in [5, 5.41) is 9.06. The van der Waals surface area contributed by atoms with Gasteiger partial charge in [-0.05, 0) is 82.4 Å². The van der Waals surface area contributed by atoms with Crippen LogP contribution < -0.4 is 5.32 Å². The summed E-state index contributed by atoms with van der Waals surface area (Å²) in [6.45, 7) is 10.1. The number of hydrogen-bond donors (Lipinski definition) is 1. The molecule has 0 saturated carbocycles. The molecule has 1 N–H and O–H groups in total. The highest BCUT2D eigenvalue weighted by Gasteiger charge is 2.39. The molecule has 3 heterocycles. The fourth-order valence-corrected chi connectivity index (χ4v) is 4.62. The van der Waals surface area contributed by atoms with Gasteiger partial charge in [-0.1, -0.05) is 11.6 Å².